The monoisotopic (exact) mass is 577 g/mol. The summed E-state index contributed by atoms with van der Waals surface area (Å²) in [6, 6.07) is 25.3. The molecule has 1 aliphatic carbocycles. The Morgan fingerprint density at radius 3 is 2.64 bits per heavy atom. The molecule has 0 fully saturated rings. The van der Waals surface area contributed by atoms with Gasteiger partial charge in [-0.05, 0) is 72.5 Å². The summed E-state index contributed by atoms with van der Waals surface area (Å²) in [5.74, 6) is 2.18. The molecule has 3 aromatic carbocycles. The van der Waals surface area contributed by atoms with Crippen molar-refractivity contribution in [3.05, 3.63) is 137 Å². The van der Waals surface area contributed by atoms with Crippen LogP contribution in [-0.4, -0.2) is 21.2 Å². The Morgan fingerprint density at radius 1 is 1.02 bits per heavy atom. The summed E-state index contributed by atoms with van der Waals surface area (Å²) in [6.07, 6.45) is 9.11. The van der Waals surface area contributed by atoms with Crippen LogP contribution in [-0.2, 0) is 25.3 Å². The number of amides is 1. The zero-order valence-electron chi connectivity index (χ0n) is 23.1. The zero-order chi connectivity index (χ0) is 28.7. The van der Waals surface area contributed by atoms with E-state index in [2.05, 4.69) is 22.4 Å². The van der Waals surface area contributed by atoms with Crippen LogP contribution in [0.1, 0.15) is 62.1 Å². The molecule has 0 spiro atoms. The Bertz CT molecular complexity index is 1630. The maximum atomic E-state index is 12.8. The van der Waals surface area contributed by atoms with Gasteiger partial charge >= 0.3 is 0 Å². The highest BCUT2D eigenvalue weighted by Crippen LogP contribution is 2.38. The van der Waals surface area contributed by atoms with Crippen LogP contribution in [0.5, 0.6) is 5.75 Å². The Morgan fingerprint density at radius 2 is 1.88 bits per heavy atom. The number of thioether (sulfide) groups is 1. The molecule has 2 heterocycles. The summed E-state index contributed by atoms with van der Waals surface area (Å²) in [6.45, 7) is 0.948. The van der Waals surface area contributed by atoms with Crippen molar-refractivity contribution in [2.45, 2.75) is 49.1 Å². The summed E-state index contributed by atoms with van der Waals surface area (Å²) in [7, 11) is 0. The van der Waals surface area contributed by atoms with Gasteiger partial charge in [-0.25, -0.2) is 4.98 Å². The number of hydrogen-bond donors (Lipinski definition) is 1. The molecule has 1 unspecified atom stereocenters. The lowest BCUT2D eigenvalue weighted by molar-refractivity contribution is 0.0945. The minimum atomic E-state index is -0.236. The maximum absolute atomic E-state index is 12.8. The first-order chi connectivity index (χ1) is 20.6. The third-order valence-corrected chi connectivity index (χ3v) is 8.44. The van der Waals surface area contributed by atoms with Crippen LogP contribution < -0.4 is 10.1 Å². The van der Waals surface area contributed by atoms with Crippen molar-refractivity contribution >= 4 is 23.5 Å². The van der Waals surface area contributed by atoms with E-state index in [1.54, 1.807) is 36.6 Å². The lowest BCUT2D eigenvalue weighted by Gasteiger charge is -2.25. The van der Waals surface area contributed by atoms with Crippen molar-refractivity contribution in [3.63, 3.8) is 0 Å². The van der Waals surface area contributed by atoms with Gasteiger partial charge in [-0.2, -0.15) is 0 Å². The third-order valence-electron chi connectivity index (χ3n) is 7.40. The summed E-state index contributed by atoms with van der Waals surface area (Å²) in [5, 5.41) is 2.88. The van der Waals surface area contributed by atoms with Gasteiger partial charge in [0.25, 0.3) is 5.91 Å². The summed E-state index contributed by atoms with van der Waals surface area (Å²) < 4.78 is 14.1. The molecular formula is C34H31N3O4S. The number of aromatic nitrogens is 2. The smallest absolute Gasteiger partial charge is 0.251 e. The molecule has 0 bridgehead atoms. The van der Waals surface area contributed by atoms with E-state index in [1.807, 2.05) is 71.4 Å². The van der Waals surface area contributed by atoms with Crippen molar-refractivity contribution in [2.24, 2.45) is 0 Å². The van der Waals surface area contributed by atoms with Crippen LogP contribution in [0, 0.1) is 0 Å². The number of ketones is 1. The van der Waals surface area contributed by atoms with E-state index in [0.29, 0.717) is 36.6 Å². The van der Waals surface area contributed by atoms with E-state index in [4.69, 9.17) is 9.15 Å². The number of rotatable bonds is 11. The molecule has 5 aromatic rings. The van der Waals surface area contributed by atoms with Gasteiger partial charge in [-0.3, -0.25) is 9.59 Å². The number of ether oxygens (including phenoxy) is 1. The number of imidazole rings is 1. The van der Waals surface area contributed by atoms with Gasteiger partial charge in [0.05, 0.1) is 25.7 Å². The molecule has 42 heavy (non-hydrogen) atoms. The first-order valence-electron chi connectivity index (χ1n) is 14.0. The van der Waals surface area contributed by atoms with Crippen LogP contribution in [0.2, 0.25) is 0 Å². The van der Waals surface area contributed by atoms with E-state index in [1.165, 1.54) is 0 Å². The number of nitrogens with zero attached hydrogens (tertiary/aromatic N) is 2. The molecule has 6 rings (SSSR count). The Labute approximate surface area is 248 Å². The fourth-order valence-corrected chi connectivity index (χ4v) is 6.16. The second kappa shape index (κ2) is 13.0. The normalized spacial score (nSPS) is 13.4. The van der Waals surface area contributed by atoms with Gasteiger partial charge in [-0.15, -0.1) is 11.8 Å². The number of nitrogens with one attached hydrogen (secondary N) is 1. The number of carbonyl (C=O) groups is 2. The lowest BCUT2D eigenvalue weighted by Crippen LogP contribution is -2.22. The lowest BCUT2D eigenvalue weighted by atomic mass is 9.87. The molecule has 212 valence electrons. The van der Waals surface area contributed by atoms with E-state index >= 15 is 0 Å². The van der Waals surface area contributed by atoms with Crippen LogP contribution >= 0.6 is 11.8 Å². The molecule has 0 aliphatic heterocycles. The number of benzene rings is 3. The Balaban J connectivity index is 1.22. The van der Waals surface area contributed by atoms with Gasteiger partial charge in [0.1, 0.15) is 17.6 Å². The molecule has 1 aliphatic rings. The average molecular weight is 578 g/mol. The highest BCUT2D eigenvalue weighted by Gasteiger charge is 2.25. The number of hydrogen-bond acceptors (Lipinski definition) is 6. The van der Waals surface area contributed by atoms with Crippen molar-refractivity contribution in [2.75, 3.05) is 0 Å². The van der Waals surface area contributed by atoms with Crippen molar-refractivity contribution in [3.8, 4) is 5.75 Å². The Kier molecular flexibility index (Phi) is 8.51. The van der Waals surface area contributed by atoms with Crippen molar-refractivity contribution in [1.82, 2.24) is 14.9 Å². The topological polar surface area (TPSA) is 86.4 Å². The largest absolute Gasteiger partial charge is 0.484 e. The minimum absolute atomic E-state index is 0.154. The maximum Gasteiger partial charge on any atom is 0.251 e. The van der Waals surface area contributed by atoms with E-state index in [-0.39, 0.29) is 17.8 Å². The standard InChI is InChI=1S/C34H31N3O4S/c38-31-10-4-9-28-29(31)15-16-32(41-33(21-37-18-17-35-23-37)24-6-2-1-3-7-24)30(28)22-42-27-13-11-25(12-14-27)34(39)36-20-26-8-5-19-40-26/h1-3,5-8,11-19,23,33H,4,9-10,20-22H2,(H,36,39). The molecule has 2 aromatic heterocycles. The van der Waals surface area contributed by atoms with Gasteiger partial charge in [0.15, 0.2) is 5.78 Å². The number of furan rings is 1. The molecule has 8 heteroatoms. The first-order valence-corrected chi connectivity index (χ1v) is 15.0. The van der Waals surface area contributed by atoms with Crippen LogP contribution in [0.25, 0.3) is 0 Å². The quantitative estimate of drug-likeness (QED) is 0.170. The van der Waals surface area contributed by atoms with Crippen LogP contribution in [0.15, 0.2) is 113 Å². The minimum Gasteiger partial charge on any atom is -0.484 e. The number of carbonyl (C=O) groups excluding carboxylic acids is 2. The average Bonchev–Trinajstić information content (AvgIpc) is 3.75. The SMILES string of the molecule is O=C(NCc1ccco1)c1ccc(SCc2c(OC(Cn3ccnc3)c3ccccc3)ccc3c2CCCC3=O)cc1. The molecule has 1 N–H and O–H groups in total. The number of Topliss-reactive ketones (excluding diaryl/α,β-unsaturated/α-hetero) is 1. The van der Waals surface area contributed by atoms with E-state index in [9.17, 15) is 9.59 Å². The third kappa shape index (κ3) is 6.50. The van der Waals surface area contributed by atoms with Gasteiger partial charge in [-0.1, -0.05) is 30.3 Å². The fraction of sp³-hybridized carbons (Fsp3) is 0.206. The van der Waals surface area contributed by atoms with Gasteiger partial charge in [0, 0.05) is 46.2 Å². The van der Waals surface area contributed by atoms with Gasteiger partial charge < -0.3 is 19.0 Å². The molecule has 7 nitrogen and oxygen atoms in total. The predicted octanol–water partition coefficient (Wildman–Crippen LogP) is 7.04. The van der Waals surface area contributed by atoms with Crippen molar-refractivity contribution < 1.29 is 18.7 Å². The Hall–Kier alpha value is -4.56. The number of fused-ring (bicyclic) bond motifs is 1. The van der Waals surface area contributed by atoms with E-state index < -0.39 is 0 Å². The highest BCUT2D eigenvalue weighted by molar-refractivity contribution is 7.98. The van der Waals surface area contributed by atoms with Crippen molar-refractivity contribution in [1.29, 1.82) is 0 Å². The fourth-order valence-electron chi connectivity index (χ4n) is 5.21. The van der Waals surface area contributed by atoms with Gasteiger partial charge in [0.2, 0.25) is 0 Å². The summed E-state index contributed by atoms with van der Waals surface area (Å²) in [4.78, 5) is 30.6. The molecule has 1 amide bonds. The van der Waals surface area contributed by atoms with Crippen LogP contribution in [0.3, 0.4) is 0 Å². The highest BCUT2D eigenvalue weighted by atomic mass is 32.2. The molecule has 0 radical (unpaired) electrons. The first kappa shape index (κ1) is 27.6. The summed E-state index contributed by atoms with van der Waals surface area (Å²) in [5.41, 5.74) is 4.60. The molecular weight excluding hydrogens is 546 g/mol. The predicted molar refractivity (Wildman–Crippen MR) is 162 cm³/mol. The summed E-state index contributed by atoms with van der Waals surface area (Å²) >= 11 is 1.67. The zero-order valence-corrected chi connectivity index (χ0v) is 23.9. The molecule has 1 atom stereocenters. The van der Waals surface area contributed by atoms with E-state index in [0.717, 1.165) is 45.7 Å². The molecule has 0 saturated carbocycles. The second-order valence-corrected chi connectivity index (χ2v) is 11.2. The molecule has 0 saturated heterocycles. The van der Waals surface area contributed by atoms with Crippen LogP contribution in [0.4, 0.5) is 0 Å². The second-order valence-electron chi connectivity index (χ2n) is 10.2.